The van der Waals surface area contributed by atoms with Crippen LogP contribution in [0, 0.1) is 0 Å². The van der Waals surface area contributed by atoms with Gasteiger partial charge >= 0.3 is 0 Å². The fraction of sp³-hybridized carbons (Fsp3) is 0.846. The molecule has 0 aromatic carbocycles. The van der Waals surface area contributed by atoms with Gasteiger partial charge < -0.3 is 0 Å². The van der Waals surface area contributed by atoms with Crippen molar-refractivity contribution in [3.63, 3.8) is 0 Å². The average Bonchev–Trinajstić information content (AvgIpc) is 3.10. The average molecular weight is 393 g/mol. The summed E-state index contributed by atoms with van der Waals surface area (Å²) in [5.74, 6) is 0. The molecule has 0 fully saturated rings. The molecule has 1 heterocycles. The first kappa shape index (κ1) is 24.7. The van der Waals surface area contributed by atoms with E-state index in [4.69, 9.17) is 0 Å². The van der Waals surface area contributed by atoms with Crippen LogP contribution in [-0.2, 0) is 11.8 Å². The lowest BCUT2D eigenvalue weighted by Gasteiger charge is -2.19. The summed E-state index contributed by atoms with van der Waals surface area (Å²) in [6, 6.07) is 0. The van der Waals surface area contributed by atoms with E-state index in [1.54, 1.807) is 11.1 Å². The van der Waals surface area contributed by atoms with E-state index in [2.05, 4.69) is 38.5 Å². The number of rotatable bonds is 17. The zero-order valence-corrected chi connectivity index (χ0v) is 19.9. The Bertz CT molecular complexity index is 437. The molecule has 0 atom stereocenters. The van der Waals surface area contributed by atoms with Crippen molar-refractivity contribution in [2.45, 2.75) is 142 Å². The Morgan fingerprint density at radius 1 is 0.593 bits per heavy atom. The smallest absolute Gasteiger partial charge is 0.00531 e. The molecule has 0 aliphatic carbocycles. The van der Waals surface area contributed by atoms with Crippen molar-refractivity contribution < 1.29 is 0 Å². The normalized spacial score (nSPS) is 12.0. The lowest BCUT2D eigenvalue weighted by atomic mass is 9.85. The van der Waals surface area contributed by atoms with Gasteiger partial charge in [0, 0.05) is 0 Å². The molecule has 0 spiro atoms. The second-order valence-corrected chi connectivity index (χ2v) is 10.4. The Kier molecular flexibility index (Phi) is 14.3. The van der Waals surface area contributed by atoms with Gasteiger partial charge in [-0.15, -0.1) is 0 Å². The predicted octanol–water partition coefficient (Wildman–Crippen LogP) is 9.85. The first-order valence-corrected chi connectivity index (χ1v) is 13.1. The van der Waals surface area contributed by atoms with E-state index in [0.717, 1.165) is 0 Å². The van der Waals surface area contributed by atoms with Gasteiger partial charge in [0.2, 0.25) is 0 Å². The summed E-state index contributed by atoms with van der Waals surface area (Å²) < 4.78 is 0. The molecular formula is C26H48S. The van der Waals surface area contributed by atoms with Crippen molar-refractivity contribution in [3.05, 3.63) is 21.9 Å². The lowest BCUT2D eigenvalue weighted by Crippen LogP contribution is -2.12. The van der Waals surface area contributed by atoms with Crippen LogP contribution in [0.2, 0.25) is 0 Å². The topological polar surface area (TPSA) is 0 Å². The van der Waals surface area contributed by atoms with E-state index in [1.165, 1.54) is 109 Å². The standard InChI is InChI=1S/C26H48S/c1-5-6-7-8-9-10-11-12-13-14-15-16-17-18-19-20-21-24-22-27-23-25(24)26(2,3)4/h22-23H,5-21H2,1-4H3. The summed E-state index contributed by atoms with van der Waals surface area (Å²) in [4.78, 5) is 0. The fourth-order valence-electron chi connectivity index (χ4n) is 4.04. The van der Waals surface area contributed by atoms with Crippen LogP contribution >= 0.6 is 11.3 Å². The van der Waals surface area contributed by atoms with Gasteiger partial charge in [0.05, 0.1) is 0 Å². The molecule has 0 unspecified atom stereocenters. The van der Waals surface area contributed by atoms with Gasteiger partial charge in [0.15, 0.2) is 0 Å². The highest BCUT2D eigenvalue weighted by Gasteiger charge is 2.18. The Labute approximate surface area is 175 Å². The minimum atomic E-state index is 0.310. The van der Waals surface area contributed by atoms with E-state index in [0.29, 0.717) is 5.41 Å². The third kappa shape index (κ3) is 12.7. The van der Waals surface area contributed by atoms with Crippen molar-refractivity contribution in [2.75, 3.05) is 0 Å². The Morgan fingerprint density at radius 2 is 1.00 bits per heavy atom. The summed E-state index contributed by atoms with van der Waals surface area (Å²) >= 11 is 1.88. The van der Waals surface area contributed by atoms with Gasteiger partial charge in [0.1, 0.15) is 0 Å². The molecule has 1 aromatic heterocycles. The molecule has 0 amide bonds. The Morgan fingerprint density at radius 3 is 1.41 bits per heavy atom. The molecule has 0 saturated carbocycles. The third-order valence-corrected chi connectivity index (χ3v) is 6.64. The summed E-state index contributed by atoms with van der Waals surface area (Å²) in [6.07, 6.45) is 24.5. The molecule has 1 aromatic rings. The number of thiophene rings is 1. The number of hydrogen-bond donors (Lipinski definition) is 0. The van der Waals surface area contributed by atoms with Gasteiger partial charge in [-0.25, -0.2) is 0 Å². The highest BCUT2D eigenvalue weighted by Crippen LogP contribution is 2.30. The zero-order valence-electron chi connectivity index (χ0n) is 19.1. The zero-order chi connectivity index (χ0) is 19.8. The molecule has 0 nitrogen and oxygen atoms in total. The molecule has 1 heteroatoms. The van der Waals surface area contributed by atoms with Crippen LogP contribution in [0.15, 0.2) is 10.8 Å². The number of aryl methyl sites for hydroxylation is 1. The molecule has 1 rings (SSSR count). The van der Waals surface area contributed by atoms with Crippen LogP contribution in [0.5, 0.6) is 0 Å². The summed E-state index contributed by atoms with van der Waals surface area (Å²) in [6.45, 7) is 9.32. The minimum Gasteiger partial charge on any atom is -0.152 e. The molecule has 0 aliphatic heterocycles. The van der Waals surface area contributed by atoms with Crippen molar-refractivity contribution in [2.24, 2.45) is 0 Å². The van der Waals surface area contributed by atoms with Crippen LogP contribution in [0.3, 0.4) is 0 Å². The Balaban J connectivity index is 1.84. The summed E-state index contributed by atoms with van der Waals surface area (Å²) in [5, 5.41) is 4.74. The van der Waals surface area contributed by atoms with Crippen LogP contribution in [0.1, 0.15) is 142 Å². The van der Waals surface area contributed by atoms with E-state index < -0.39 is 0 Å². The highest BCUT2D eigenvalue weighted by atomic mass is 32.1. The van der Waals surface area contributed by atoms with Crippen LogP contribution in [0.4, 0.5) is 0 Å². The van der Waals surface area contributed by atoms with E-state index >= 15 is 0 Å². The van der Waals surface area contributed by atoms with Gasteiger partial charge in [-0.1, -0.05) is 124 Å². The molecule has 27 heavy (non-hydrogen) atoms. The molecule has 0 bridgehead atoms. The minimum absolute atomic E-state index is 0.310. The first-order valence-electron chi connectivity index (χ1n) is 12.1. The largest absolute Gasteiger partial charge is 0.152 e. The van der Waals surface area contributed by atoms with Gasteiger partial charge in [0.25, 0.3) is 0 Å². The molecule has 0 saturated heterocycles. The Hall–Kier alpha value is -0.300. The molecule has 158 valence electrons. The van der Waals surface area contributed by atoms with E-state index in [-0.39, 0.29) is 0 Å². The van der Waals surface area contributed by atoms with Gasteiger partial charge in [-0.3, -0.25) is 0 Å². The van der Waals surface area contributed by atoms with E-state index in [1.807, 2.05) is 11.3 Å². The molecule has 0 N–H and O–H groups in total. The van der Waals surface area contributed by atoms with E-state index in [9.17, 15) is 0 Å². The monoisotopic (exact) mass is 392 g/mol. The summed E-state index contributed by atoms with van der Waals surface area (Å²) in [7, 11) is 0. The maximum Gasteiger partial charge on any atom is -0.00531 e. The third-order valence-electron chi connectivity index (χ3n) is 5.85. The highest BCUT2D eigenvalue weighted by molar-refractivity contribution is 7.08. The molecule has 0 aliphatic rings. The predicted molar refractivity (Wildman–Crippen MR) is 126 cm³/mol. The van der Waals surface area contributed by atoms with Crippen LogP contribution < -0.4 is 0 Å². The lowest BCUT2D eigenvalue weighted by molar-refractivity contribution is 0.528. The maximum absolute atomic E-state index is 2.38. The first-order chi connectivity index (χ1) is 13.1. The van der Waals surface area contributed by atoms with Crippen molar-refractivity contribution in [3.8, 4) is 0 Å². The second kappa shape index (κ2) is 15.6. The van der Waals surface area contributed by atoms with Crippen molar-refractivity contribution >= 4 is 11.3 Å². The molecular weight excluding hydrogens is 344 g/mol. The fourth-order valence-corrected chi connectivity index (χ4v) is 5.16. The quantitative estimate of drug-likeness (QED) is 0.231. The SMILES string of the molecule is CCCCCCCCCCCCCCCCCCc1cscc1C(C)(C)C. The van der Waals surface area contributed by atoms with Crippen molar-refractivity contribution in [1.29, 1.82) is 0 Å². The van der Waals surface area contributed by atoms with Crippen LogP contribution in [0.25, 0.3) is 0 Å². The van der Waals surface area contributed by atoms with Crippen LogP contribution in [-0.4, -0.2) is 0 Å². The van der Waals surface area contributed by atoms with Gasteiger partial charge in [-0.2, -0.15) is 11.3 Å². The van der Waals surface area contributed by atoms with Crippen molar-refractivity contribution in [1.82, 2.24) is 0 Å². The molecule has 0 radical (unpaired) electrons. The van der Waals surface area contributed by atoms with Gasteiger partial charge in [-0.05, 0) is 40.1 Å². The number of hydrogen-bond acceptors (Lipinski definition) is 1. The maximum atomic E-state index is 2.38. The summed E-state index contributed by atoms with van der Waals surface area (Å²) in [5.41, 5.74) is 3.50. The second-order valence-electron chi connectivity index (χ2n) is 9.61. The number of unbranched alkanes of at least 4 members (excludes halogenated alkanes) is 15.